The Labute approximate surface area is 135 Å². The summed E-state index contributed by atoms with van der Waals surface area (Å²) in [6.45, 7) is 0.0458. The fourth-order valence-corrected chi connectivity index (χ4v) is 1.73. The molecule has 0 spiro atoms. The predicted octanol–water partition coefficient (Wildman–Crippen LogP) is 4.68. The molecule has 7 heteroatoms. The third-order valence-electron chi connectivity index (χ3n) is 2.80. The molecule has 3 nitrogen and oxygen atoms in total. The van der Waals surface area contributed by atoms with E-state index < -0.39 is 17.1 Å². The number of carbonyl (C=O) groups excluding carboxylic acids is 1. The Balaban J connectivity index is 1.96. The maximum Gasteiger partial charge on any atom is 0.416 e. The Bertz CT molecular complexity index is 639. The summed E-state index contributed by atoms with van der Waals surface area (Å²) in [4.78, 5) is 10.4. The largest absolute Gasteiger partial charge is 0.492 e. The zero-order valence-electron chi connectivity index (χ0n) is 11.7. The molecule has 1 unspecified atom stereocenters. The molecule has 0 saturated heterocycles. The van der Waals surface area contributed by atoms with E-state index in [1.165, 1.54) is 12.1 Å². The van der Waals surface area contributed by atoms with Crippen LogP contribution in [0.3, 0.4) is 0 Å². The van der Waals surface area contributed by atoms with Crippen molar-refractivity contribution in [1.82, 2.24) is 0 Å². The first-order valence-electron chi connectivity index (χ1n) is 6.56. The average Bonchev–Trinajstić information content (AvgIpc) is 2.53. The molecule has 0 aliphatic heterocycles. The van der Waals surface area contributed by atoms with E-state index in [2.05, 4.69) is 0 Å². The van der Waals surface area contributed by atoms with Crippen molar-refractivity contribution in [3.05, 3.63) is 54.1 Å². The van der Waals surface area contributed by atoms with Crippen LogP contribution in [0.25, 0.3) is 0 Å². The first-order chi connectivity index (χ1) is 10.9. The average molecular weight is 345 g/mol. The van der Waals surface area contributed by atoms with Gasteiger partial charge in [-0.1, -0.05) is 0 Å². The molecule has 0 fully saturated rings. The molecule has 0 radical (unpaired) electrons. The van der Waals surface area contributed by atoms with Crippen molar-refractivity contribution in [3.63, 3.8) is 0 Å². The second-order valence-electron chi connectivity index (χ2n) is 4.56. The normalized spacial score (nSPS) is 12.5. The number of aldehydes is 1. The van der Waals surface area contributed by atoms with Crippen LogP contribution in [0.2, 0.25) is 0 Å². The second-order valence-corrected chi connectivity index (χ2v) is 5.12. The Morgan fingerprint density at radius 1 is 0.957 bits per heavy atom. The van der Waals surface area contributed by atoms with Crippen molar-refractivity contribution in [2.75, 3.05) is 6.61 Å². The summed E-state index contributed by atoms with van der Waals surface area (Å²) in [7, 11) is 0. The number of ether oxygens (including phenoxy) is 2. The van der Waals surface area contributed by atoms with Gasteiger partial charge in [0.05, 0.1) is 5.56 Å². The number of alkyl halides is 4. The number of hydrogen-bond donors (Lipinski definition) is 0. The number of rotatable bonds is 6. The molecule has 0 N–H and O–H groups in total. The molecule has 0 heterocycles. The fraction of sp³-hybridized carbons (Fsp3) is 0.188. The van der Waals surface area contributed by atoms with Crippen LogP contribution >= 0.6 is 11.6 Å². The van der Waals surface area contributed by atoms with Crippen LogP contribution in [0.4, 0.5) is 13.2 Å². The topological polar surface area (TPSA) is 35.5 Å². The van der Waals surface area contributed by atoms with Gasteiger partial charge >= 0.3 is 6.18 Å². The summed E-state index contributed by atoms with van der Waals surface area (Å²) < 4.78 is 48.1. The molecule has 122 valence electrons. The summed E-state index contributed by atoms with van der Waals surface area (Å²) in [6, 6.07) is 10.8. The Morgan fingerprint density at radius 3 is 1.91 bits per heavy atom. The van der Waals surface area contributed by atoms with Crippen molar-refractivity contribution in [2.45, 2.75) is 11.6 Å². The molecule has 2 rings (SSSR count). The summed E-state index contributed by atoms with van der Waals surface area (Å²) in [6.07, 6.45) is -3.80. The minimum absolute atomic E-state index is 0.0458. The van der Waals surface area contributed by atoms with Crippen molar-refractivity contribution >= 4 is 17.9 Å². The highest BCUT2D eigenvalue weighted by atomic mass is 35.5. The van der Waals surface area contributed by atoms with Crippen molar-refractivity contribution < 1.29 is 27.4 Å². The highest BCUT2D eigenvalue weighted by Crippen LogP contribution is 2.31. The number of benzene rings is 2. The predicted molar refractivity (Wildman–Crippen MR) is 79.2 cm³/mol. The Hall–Kier alpha value is -2.21. The van der Waals surface area contributed by atoms with Gasteiger partial charge < -0.3 is 14.3 Å². The first kappa shape index (κ1) is 17.1. The molecule has 0 aliphatic carbocycles. The van der Waals surface area contributed by atoms with Crippen LogP contribution < -0.4 is 9.47 Å². The second kappa shape index (κ2) is 7.37. The molecule has 0 bridgehead atoms. The molecule has 2 aromatic rings. The molecule has 0 aliphatic rings. The number of halogens is 4. The molecule has 0 saturated carbocycles. The molecule has 1 atom stereocenters. The maximum absolute atomic E-state index is 12.5. The minimum atomic E-state index is -4.38. The summed E-state index contributed by atoms with van der Waals surface area (Å²) in [5, 5.41) is -0.724. The van der Waals surface area contributed by atoms with Gasteiger partial charge in [-0.2, -0.15) is 13.2 Å². The van der Waals surface area contributed by atoms with Crippen molar-refractivity contribution in [3.8, 4) is 17.2 Å². The Kier molecular flexibility index (Phi) is 5.50. The van der Waals surface area contributed by atoms with Gasteiger partial charge in [-0.3, -0.25) is 0 Å². The van der Waals surface area contributed by atoms with Gasteiger partial charge in [0.25, 0.3) is 0 Å². The van der Waals surface area contributed by atoms with Gasteiger partial charge in [-0.05, 0) is 48.5 Å². The summed E-state index contributed by atoms with van der Waals surface area (Å²) in [5.41, 5.74) is -0.737. The lowest BCUT2D eigenvalue weighted by atomic mass is 10.2. The highest BCUT2D eigenvalue weighted by molar-refractivity contribution is 6.27. The van der Waals surface area contributed by atoms with E-state index in [1.807, 2.05) is 0 Å². The van der Waals surface area contributed by atoms with E-state index in [9.17, 15) is 18.0 Å². The number of hydrogen-bond acceptors (Lipinski definition) is 3. The van der Waals surface area contributed by atoms with Crippen LogP contribution in [0.5, 0.6) is 17.2 Å². The molecular formula is C16H12ClF3O3. The van der Waals surface area contributed by atoms with Crippen LogP contribution in [0.15, 0.2) is 48.5 Å². The molecule has 0 aromatic heterocycles. The van der Waals surface area contributed by atoms with Gasteiger partial charge in [-0.15, -0.1) is 11.6 Å². The standard InChI is InChI=1S/C16H12ClF3O3/c17-12(9-21)10-22-13-5-7-15(8-6-13)23-14-3-1-11(2-4-14)16(18,19)20/h1-9,12H,10H2. The first-order valence-corrected chi connectivity index (χ1v) is 6.99. The van der Waals surface area contributed by atoms with E-state index in [-0.39, 0.29) is 12.4 Å². The molecular weight excluding hydrogens is 333 g/mol. The van der Waals surface area contributed by atoms with E-state index in [0.29, 0.717) is 17.8 Å². The summed E-state index contributed by atoms with van der Waals surface area (Å²) >= 11 is 5.60. The lowest BCUT2D eigenvalue weighted by Gasteiger charge is -2.10. The highest BCUT2D eigenvalue weighted by Gasteiger charge is 2.30. The van der Waals surface area contributed by atoms with Gasteiger partial charge in [0, 0.05) is 0 Å². The Morgan fingerprint density at radius 2 is 1.43 bits per heavy atom. The summed E-state index contributed by atoms with van der Waals surface area (Å²) in [5.74, 6) is 1.22. The van der Waals surface area contributed by atoms with Crippen molar-refractivity contribution in [2.24, 2.45) is 0 Å². The van der Waals surface area contributed by atoms with E-state index in [0.717, 1.165) is 12.1 Å². The monoisotopic (exact) mass is 344 g/mol. The fourth-order valence-electron chi connectivity index (χ4n) is 1.67. The zero-order chi connectivity index (χ0) is 16.9. The van der Waals surface area contributed by atoms with Gasteiger partial charge in [0.1, 0.15) is 35.5 Å². The molecule has 0 amide bonds. The lowest BCUT2D eigenvalue weighted by molar-refractivity contribution is -0.137. The van der Waals surface area contributed by atoms with Gasteiger partial charge in [0.15, 0.2) is 0 Å². The van der Waals surface area contributed by atoms with Crippen LogP contribution in [-0.2, 0) is 11.0 Å². The van der Waals surface area contributed by atoms with Crippen molar-refractivity contribution in [1.29, 1.82) is 0 Å². The number of carbonyl (C=O) groups is 1. The van der Waals surface area contributed by atoms with E-state index in [4.69, 9.17) is 21.1 Å². The smallest absolute Gasteiger partial charge is 0.416 e. The van der Waals surface area contributed by atoms with Crippen LogP contribution in [0, 0.1) is 0 Å². The van der Waals surface area contributed by atoms with Crippen LogP contribution in [0.1, 0.15) is 5.56 Å². The van der Waals surface area contributed by atoms with Gasteiger partial charge in [0.2, 0.25) is 0 Å². The molecule has 23 heavy (non-hydrogen) atoms. The zero-order valence-corrected chi connectivity index (χ0v) is 12.5. The SMILES string of the molecule is O=CC(Cl)COc1ccc(Oc2ccc(C(F)(F)F)cc2)cc1. The van der Waals surface area contributed by atoms with Gasteiger partial charge in [-0.25, -0.2) is 0 Å². The quantitative estimate of drug-likeness (QED) is 0.563. The van der Waals surface area contributed by atoms with Crippen LogP contribution in [-0.4, -0.2) is 18.3 Å². The lowest BCUT2D eigenvalue weighted by Crippen LogP contribution is -2.12. The molecule has 2 aromatic carbocycles. The third-order valence-corrected chi connectivity index (χ3v) is 3.03. The third kappa shape index (κ3) is 5.17. The minimum Gasteiger partial charge on any atom is -0.492 e. The van der Waals surface area contributed by atoms with E-state index >= 15 is 0 Å². The maximum atomic E-state index is 12.5. The van der Waals surface area contributed by atoms with E-state index in [1.54, 1.807) is 24.3 Å².